The maximum absolute atomic E-state index is 12.8. The Bertz CT molecular complexity index is 696. The number of aromatic nitrogens is 2. The molecule has 1 aliphatic heterocycles. The lowest BCUT2D eigenvalue weighted by Crippen LogP contribution is -2.35. The number of benzene rings is 1. The number of carbonyl (C=O) groups is 1. The first-order chi connectivity index (χ1) is 12.2. The molecule has 0 N–H and O–H groups in total. The average molecular weight is 342 g/mol. The summed E-state index contributed by atoms with van der Waals surface area (Å²) in [5.74, 6) is 0.118. The van der Waals surface area contributed by atoms with Crippen LogP contribution in [0.5, 0.6) is 0 Å². The third-order valence-electron chi connectivity index (χ3n) is 4.55. The summed E-state index contributed by atoms with van der Waals surface area (Å²) >= 11 is 0. The van der Waals surface area contributed by atoms with E-state index in [0.29, 0.717) is 6.61 Å². The average Bonchev–Trinajstić information content (AvgIpc) is 2.88. The highest BCUT2D eigenvalue weighted by Crippen LogP contribution is 2.13. The highest BCUT2D eigenvalue weighted by molar-refractivity contribution is 5.94. The Hall–Kier alpha value is -2.18. The molecule has 1 saturated heterocycles. The number of hydrogen-bond acceptors (Lipinski definition) is 4. The molecule has 6 nitrogen and oxygen atoms in total. The van der Waals surface area contributed by atoms with Crippen molar-refractivity contribution in [2.45, 2.75) is 19.6 Å². The summed E-state index contributed by atoms with van der Waals surface area (Å²) in [6, 6.07) is 7.72. The zero-order chi connectivity index (χ0) is 17.6. The van der Waals surface area contributed by atoms with E-state index < -0.39 is 0 Å². The number of rotatable bonds is 5. The summed E-state index contributed by atoms with van der Waals surface area (Å²) in [5, 5.41) is 4.23. The summed E-state index contributed by atoms with van der Waals surface area (Å²) in [6.45, 7) is 4.93. The highest BCUT2D eigenvalue weighted by Gasteiger charge is 2.20. The number of ether oxygens (including phenoxy) is 1. The van der Waals surface area contributed by atoms with E-state index in [1.807, 2.05) is 47.1 Å². The van der Waals surface area contributed by atoms with Crippen LogP contribution in [0.2, 0.25) is 0 Å². The minimum absolute atomic E-state index is 0.118. The van der Waals surface area contributed by atoms with Crippen LogP contribution >= 0.6 is 0 Å². The van der Waals surface area contributed by atoms with E-state index in [1.54, 1.807) is 7.11 Å². The molecule has 1 aromatic carbocycles. The maximum Gasteiger partial charge on any atom is 0.253 e. The van der Waals surface area contributed by atoms with Crippen LogP contribution in [-0.2, 0) is 24.9 Å². The summed E-state index contributed by atoms with van der Waals surface area (Å²) in [4.78, 5) is 17.1. The van der Waals surface area contributed by atoms with Crippen molar-refractivity contribution in [1.29, 1.82) is 0 Å². The number of hydrogen-bond donors (Lipinski definition) is 0. The molecule has 134 valence electrons. The van der Waals surface area contributed by atoms with Gasteiger partial charge in [-0.3, -0.25) is 14.4 Å². The fraction of sp³-hybridized carbons (Fsp3) is 0.474. The molecule has 1 aliphatic rings. The topological polar surface area (TPSA) is 50.6 Å². The van der Waals surface area contributed by atoms with Crippen LogP contribution in [0.4, 0.5) is 0 Å². The van der Waals surface area contributed by atoms with Crippen molar-refractivity contribution in [3.05, 3.63) is 53.3 Å². The van der Waals surface area contributed by atoms with Gasteiger partial charge in [0.25, 0.3) is 5.91 Å². The first-order valence-corrected chi connectivity index (χ1v) is 8.73. The van der Waals surface area contributed by atoms with Gasteiger partial charge in [-0.2, -0.15) is 5.10 Å². The lowest BCUT2D eigenvalue weighted by atomic mass is 10.1. The van der Waals surface area contributed by atoms with E-state index in [-0.39, 0.29) is 5.91 Å². The smallest absolute Gasteiger partial charge is 0.253 e. The Morgan fingerprint density at radius 3 is 2.60 bits per heavy atom. The molecule has 3 rings (SSSR count). The molecule has 0 unspecified atom stereocenters. The van der Waals surface area contributed by atoms with Gasteiger partial charge in [0.05, 0.1) is 12.8 Å². The lowest BCUT2D eigenvalue weighted by molar-refractivity contribution is 0.0761. The van der Waals surface area contributed by atoms with Gasteiger partial charge in [-0.1, -0.05) is 12.1 Å². The molecule has 0 bridgehead atoms. The van der Waals surface area contributed by atoms with Gasteiger partial charge in [-0.05, 0) is 24.1 Å². The minimum atomic E-state index is 0.118. The quantitative estimate of drug-likeness (QED) is 0.833. The molecule has 0 atom stereocenters. The second kappa shape index (κ2) is 8.27. The molecule has 0 radical (unpaired) electrons. The predicted molar refractivity (Wildman–Crippen MR) is 96.2 cm³/mol. The van der Waals surface area contributed by atoms with Gasteiger partial charge in [0.2, 0.25) is 0 Å². The Balaban J connectivity index is 1.57. The van der Waals surface area contributed by atoms with Crippen molar-refractivity contribution in [1.82, 2.24) is 19.6 Å². The van der Waals surface area contributed by atoms with E-state index in [4.69, 9.17) is 4.74 Å². The molecule has 0 saturated carbocycles. The predicted octanol–water partition coefficient (Wildman–Crippen LogP) is 1.91. The molecule has 2 heterocycles. The monoisotopic (exact) mass is 342 g/mol. The van der Waals surface area contributed by atoms with Crippen LogP contribution in [0.3, 0.4) is 0 Å². The van der Waals surface area contributed by atoms with Crippen LogP contribution in [0, 0.1) is 0 Å². The first kappa shape index (κ1) is 17.6. The second-order valence-electron chi connectivity index (χ2n) is 6.57. The largest absolute Gasteiger partial charge is 0.380 e. The fourth-order valence-corrected chi connectivity index (χ4v) is 3.24. The zero-order valence-corrected chi connectivity index (χ0v) is 15.0. The fourth-order valence-electron chi connectivity index (χ4n) is 3.24. The second-order valence-corrected chi connectivity index (χ2v) is 6.57. The minimum Gasteiger partial charge on any atom is -0.380 e. The van der Waals surface area contributed by atoms with E-state index in [1.165, 1.54) is 5.56 Å². The van der Waals surface area contributed by atoms with Crippen molar-refractivity contribution in [3.63, 3.8) is 0 Å². The van der Waals surface area contributed by atoms with E-state index in [9.17, 15) is 4.79 Å². The number of carbonyl (C=O) groups excluding carboxylic acids is 1. The van der Waals surface area contributed by atoms with Crippen molar-refractivity contribution >= 4 is 5.91 Å². The molecule has 0 aliphatic carbocycles. The van der Waals surface area contributed by atoms with Gasteiger partial charge >= 0.3 is 0 Å². The summed E-state index contributed by atoms with van der Waals surface area (Å²) in [7, 11) is 3.61. The number of aryl methyl sites for hydroxylation is 1. The first-order valence-electron chi connectivity index (χ1n) is 8.73. The van der Waals surface area contributed by atoms with Crippen molar-refractivity contribution < 1.29 is 9.53 Å². The lowest BCUT2D eigenvalue weighted by Gasteiger charge is -2.22. The Morgan fingerprint density at radius 1 is 1.12 bits per heavy atom. The standard InChI is InChI=1S/C19H26N4O2/c1-21-13-17(12-20-21)14-22-8-3-9-23(11-10-22)19(24)18-6-4-16(5-7-18)15-25-2/h4-7,12-13H,3,8-11,14-15H2,1-2H3. The highest BCUT2D eigenvalue weighted by atomic mass is 16.5. The zero-order valence-electron chi connectivity index (χ0n) is 15.0. The van der Waals surface area contributed by atoms with Crippen molar-refractivity contribution in [2.24, 2.45) is 7.05 Å². The summed E-state index contributed by atoms with van der Waals surface area (Å²) in [5.41, 5.74) is 3.05. The van der Waals surface area contributed by atoms with Crippen LogP contribution in [-0.4, -0.2) is 58.8 Å². The Labute approximate surface area is 149 Å². The number of methoxy groups -OCH3 is 1. The molecule has 25 heavy (non-hydrogen) atoms. The number of nitrogens with zero attached hydrogens (tertiary/aromatic N) is 4. The van der Waals surface area contributed by atoms with E-state index in [0.717, 1.165) is 50.3 Å². The van der Waals surface area contributed by atoms with Gasteiger partial charge in [-0.15, -0.1) is 0 Å². The van der Waals surface area contributed by atoms with Crippen LogP contribution in [0.25, 0.3) is 0 Å². The molecule has 1 aromatic heterocycles. The molecule has 6 heteroatoms. The van der Waals surface area contributed by atoms with Gasteiger partial charge < -0.3 is 9.64 Å². The van der Waals surface area contributed by atoms with Crippen LogP contribution in [0.15, 0.2) is 36.7 Å². The van der Waals surface area contributed by atoms with Crippen LogP contribution in [0.1, 0.15) is 27.9 Å². The van der Waals surface area contributed by atoms with Gasteiger partial charge in [0.1, 0.15) is 0 Å². The molecule has 1 fully saturated rings. The van der Waals surface area contributed by atoms with E-state index in [2.05, 4.69) is 16.2 Å². The van der Waals surface area contributed by atoms with Crippen LogP contribution < -0.4 is 0 Å². The van der Waals surface area contributed by atoms with Gasteiger partial charge in [-0.25, -0.2) is 0 Å². The van der Waals surface area contributed by atoms with Crippen molar-refractivity contribution in [2.75, 3.05) is 33.3 Å². The number of amides is 1. The molecule has 0 spiro atoms. The SMILES string of the molecule is COCc1ccc(C(=O)N2CCCN(Cc3cnn(C)c3)CC2)cc1. The third kappa shape index (κ3) is 4.67. The molecular weight excluding hydrogens is 316 g/mol. The third-order valence-corrected chi connectivity index (χ3v) is 4.55. The van der Waals surface area contributed by atoms with Gasteiger partial charge in [0, 0.05) is 64.2 Å². The van der Waals surface area contributed by atoms with Crippen molar-refractivity contribution in [3.8, 4) is 0 Å². The summed E-state index contributed by atoms with van der Waals surface area (Å²) in [6.07, 6.45) is 4.96. The van der Waals surface area contributed by atoms with Gasteiger partial charge in [0.15, 0.2) is 0 Å². The maximum atomic E-state index is 12.8. The molecule has 2 aromatic rings. The summed E-state index contributed by atoms with van der Waals surface area (Å²) < 4.78 is 6.95. The normalized spacial score (nSPS) is 16.0. The van der Waals surface area contributed by atoms with E-state index >= 15 is 0 Å². The Kier molecular flexibility index (Phi) is 5.83. The molecular formula is C19H26N4O2. The Morgan fingerprint density at radius 2 is 1.92 bits per heavy atom. The molecule has 1 amide bonds.